The van der Waals surface area contributed by atoms with Gasteiger partial charge in [-0.05, 0) is 75.1 Å². The molecule has 2 aliphatic rings. The van der Waals surface area contributed by atoms with E-state index in [4.69, 9.17) is 0 Å². The summed E-state index contributed by atoms with van der Waals surface area (Å²) in [6, 6.07) is 11.9. The summed E-state index contributed by atoms with van der Waals surface area (Å²) in [7, 11) is 0. The van der Waals surface area contributed by atoms with E-state index in [1.54, 1.807) is 0 Å². The molecule has 8 nitrogen and oxygen atoms in total. The van der Waals surface area contributed by atoms with Crippen molar-refractivity contribution in [2.24, 2.45) is 0 Å². The van der Waals surface area contributed by atoms with Crippen molar-refractivity contribution in [3.8, 4) is 0 Å². The van der Waals surface area contributed by atoms with Crippen LogP contribution in [0, 0.1) is 0 Å². The first-order chi connectivity index (χ1) is 16.7. The topological polar surface area (TPSA) is 80.8 Å². The third-order valence-corrected chi connectivity index (χ3v) is 6.67. The number of piperazine rings is 1. The monoisotopic (exact) mass is 464 g/mol. The number of hydrogen-bond acceptors (Lipinski definition) is 6. The van der Waals surface area contributed by atoms with E-state index in [1.807, 2.05) is 48.8 Å². The summed E-state index contributed by atoms with van der Waals surface area (Å²) in [5.41, 5.74) is 3.11. The second-order valence-corrected chi connectivity index (χ2v) is 9.09. The highest BCUT2D eigenvalue weighted by Gasteiger charge is 2.17. The number of benzene rings is 1. The zero-order chi connectivity index (χ0) is 23.6. The van der Waals surface area contributed by atoms with E-state index < -0.39 is 11.8 Å². The van der Waals surface area contributed by atoms with Crippen LogP contribution in [-0.4, -0.2) is 85.5 Å². The van der Waals surface area contributed by atoms with E-state index in [-0.39, 0.29) is 0 Å². The minimum atomic E-state index is -0.615. The molecule has 3 heterocycles. The van der Waals surface area contributed by atoms with Gasteiger partial charge >= 0.3 is 11.8 Å². The lowest BCUT2D eigenvalue weighted by atomic mass is 10.1. The Bertz CT molecular complexity index is 907. The third-order valence-electron chi connectivity index (χ3n) is 6.67. The number of aromatic nitrogens is 1. The fourth-order valence-electron chi connectivity index (χ4n) is 4.61. The summed E-state index contributed by atoms with van der Waals surface area (Å²) in [4.78, 5) is 35.7. The van der Waals surface area contributed by atoms with Gasteiger partial charge in [0, 0.05) is 63.0 Å². The summed E-state index contributed by atoms with van der Waals surface area (Å²) in [5, 5.41) is 5.43. The van der Waals surface area contributed by atoms with Gasteiger partial charge in [-0.25, -0.2) is 0 Å². The highest BCUT2D eigenvalue weighted by molar-refractivity contribution is 6.39. The molecule has 2 amide bonds. The molecule has 0 bridgehead atoms. The molecule has 0 saturated carbocycles. The minimum Gasteiger partial charge on any atom is -0.369 e. The quantitative estimate of drug-likeness (QED) is 0.436. The van der Waals surface area contributed by atoms with E-state index in [0.717, 1.165) is 52.1 Å². The van der Waals surface area contributed by atoms with Gasteiger partial charge in [0.05, 0.1) is 0 Å². The van der Waals surface area contributed by atoms with Crippen molar-refractivity contribution in [2.75, 3.05) is 69.1 Å². The zero-order valence-corrected chi connectivity index (χ0v) is 19.9. The molecule has 0 radical (unpaired) electrons. The van der Waals surface area contributed by atoms with Crippen LogP contribution in [-0.2, 0) is 16.0 Å². The van der Waals surface area contributed by atoms with Gasteiger partial charge in [-0.3, -0.25) is 19.5 Å². The largest absolute Gasteiger partial charge is 0.369 e. The van der Waals surface area contributed by atoms with Crippen LogP contribution in [0.1, 0.15) is 24.8 Å². The van der Waals surface area contributed by atoms with Crippen LogP contribution in [0.3, 0.4) is 0 Å². The molecule has 2 saturated heterocycles. The molecular formula is C26H36N6O2. The van der Waals surface area contributed by atoms with Gasteiger partial charge in [0.15, 0.2) is 0 Å². The number of amides is 2. The number of anilines is 2. The number of carbonyl (C=O) groups is 2. The molecule has 0 atom stereocenters. The van der Waals surface area contributed by atoms with Crippen LogP contribution in [0.15, 0.2) is 48.8 Å². The number of hydrogen-bond donors (Lipinski definition) is 2. The highest BCUT2D eigenvalue weighted by Crippen LogP contribution is 2.15. The third kappa shape index (κ3) is 7.27. The molecule has 2 N–H and O–H groups in total. The lowest BCUT2D eigenvalue weighted by Gasteiger charge is -2.36. The average Bonchev–Trinajstić information content (AvgIpc) is 3.41. The molecule has 2 aliphatic heterocycles. The fraction of sp³-hybridized carbons (Fsp3) is 0.500. The summed E-state index contributed by atoms with van der Waals surface area (Å²) in [6.45, 7) is 8.82. The highest BCUT2D eigenvalue weighted by atomic mass is 16.2. The van der Waals surface area contributed by atoms with E-state index in [0.29, 0.717) is 12.2 Å². The molecule has 8 heteroatoms. The molecule has 1 aromatic heterocycles. The molecule has 4 rings (SSSR count). The van der Waals surface area contributed by atoms with Gasteiger partial charge in [0.2, 0.25) is 0 Å². The number of nitrogens with one attached hydrogen (secondary N) is 2. The van der Waals surface area contributed by atoms with Crippen LogP contribution < -0.4 is 15.5 Å². The SMILES string of the molecule is O=C(NCCCN1CCN(c2ccncc2)CC1)C(=O)Nc1ccc(CCN2CCCC2)cc1. The number of carbonyl (C=O) groups excluding carboxylic acids is 2. The van der Waals surface area contributed by atoms with Gasteiger partial charge in [-0.2, -0.15) is 0 Å². The first-order valence-corrected chi connectivity index (χ1v) is 12.5. The normalized spacial score (nSPS) is 17.0. The Morgan fingerprint density at radius 1 is 0.794 bits per heavy atom. The summed E-state index contributed by atoms with van der Waals surface area (Å²) < 4.78 is 0. The van der Waals surface area contributed by atoms with Crippen molar-refractivity contribution in [1.82, 2.24) is 20.1 Å². The molecule has 1 aromatic carbocycles. The number of rotatable bonds is 9. The Labute approximate surface area is 202 Å². The smallest absolute Gasteiger partial charge is 0.313 e. The average molecular weight is 465 g/mol. The Balaban J connectivity index is 1.09. The van der Waals surface area contributed by atoms with Crippen LogP contribution >= 0.6 is 0 Å². The van der Waals surface area contributed by atoms with Gasteiger partial charge < -0.3 is 20.4 Å². The zero-order valence-electron chi connectivity index (χ0n) is 19.9. The Kier molecular flexibility index (Phi) is 8.87. The van der Waals surface area contributed by atoms with E-state index in [9.17, 15) is 9.59 Å². The molecule has 2 aromatic rings. The molecule has 0 aliphatic carbocycles. The van der Waals surface area contributed by atoms with Gasteiger partial charge in [0.1, 0.15) is 0 Å². The van der Waals surface area contributed by atoms with Crippen molar-refractivity contribution < 1.29 is 9.59 Å². The Morgan fingerprint density at radius 2 is 1.47 bits per heavy atom. The maximum atomic E-state index is 12.2. The standard InChI is InChI=1S/C26H36N6O2/c33-25(26(34)29-23-6-4-22(5-7-23)10-17-30-14-1-2-15-30)28-11-3-16-31-18-20-32(21-19-31)24-8-12-27-13-9-24/h4-9,12-13H,1-3,10-11,14-21H2,(H,28,33)(H,29,34). The van der Waals surface area contributed by atoms with Crippen molar-refractivity contribution >= 4 is 23.2 Å². The maximum absolute atomic E-state index is 12.2. The van der Waals surface area contributed by atoms with Gasteiger partial charge in [-0.1, -0.05) is 12.1 Å². The summed E-state index contributed by atoms with van der Waals surface area (Å²) in [6.07, 6.45) is 8.08. The summed E-state index contributed by atoms with van der Waals surface area (Å²) >= 11 is 0. The molecule has 0 spiro atoms. The second kappa shape index (κ2) is 12.5. The van der Waals surface area contributed by atoms with E-state index in [2.05, 4.69) is 30.3 Å². The van der Waals surface area contributed by atoms with Gasteiger partial charge in [-0.15, -0.1) is 0 Å². The second-order valence-electron chi connectivity index (χ2n) is 9.09. The van der Waals surface area contributed by atoms with Crippen LogP contribution in [0.4, 0.5) is 11.4 Å². The molecule has 2 fully saturated rings. The number of pyridine rings is 1. The molecular weight excluding hydrogens is 428 g/mol. The lowest BCUT2D eigenvalue weighted by molar-refractivity contribution is -0.136. The Hall–Kier alpha value is -2.97. The first-order valence-electron chi connectivity index (χ1n) is 12.5. The van der Waals surface area contributed by atoms with Crippen molar-refractivity contribution in [3.63, 3.8) is 0 Å². The lowest BCUT2D eigenvalue weighted by Crippen LogP contribution is -2.47. The predicted octanol–water partition coefficient (Wildman–Crippen LogP) is 1.99. The molecule has 0 unspecified atom stereocenters. The minimum absolute atomic E-state index is 0.492. The fourth-order valence-corrected chi connectivity index (χ4v) is 4.61. The predicted molar refractivity (Wildman–Crippen MR) is 135 cm³/mol. The van der Waals surface area contributed by atoms with Crippen molar-refractivity contribution in [3.05, 3.63) is 54.4 Å². The van der Waals surface area contributed by atoms with Crippen LogP contribution in [0.2, 0.25) is 0 Å². The first kappa shape index (κ1) is 24.2. The number of likely N-dealkylation sites (tertiary alicyclic amines) is 1. The van der Waals surface area contributed by atoms with E-state index >= 15 is 0 Å². The molecule has 34 heavy (non-hydrogen) atoms. The summed E-state index contributed by atoms with van der Waals surface area (Å²) in [5.74, 6) is -1.20. The van der Waals surface area contributed by atoms with Gasteiger partial charge in [0.25, 0.3) is 0 Å². The molecule has 182 valence electrons. The van der Waals surface area contributed by atoms with Crippen molar-refractivity contribution in [1.29, 1.82) is 0 Å². The van der Waals surface area contributed by atoms with Crippen molar-refractivity contribution in [2.45, 2.75) is 25.7 Å². The Morgan fingerprint density at radius 3 is 2.18 bits per heavy atom. The maximum Gasteiger partial charge on any atom is 0.313 e. The number of nitrogens with zero attached hydrogens (tertiary/aromatic N) is 4. The van der Waals surface area contributed by atoms with Crippen LogP contribution in [0.5, 0.6) is 0 Å². The van der Waals surface area contributed by atoms with Crippen LogP contribution in [0.25, 0.3) is 0 Å². The van der Waals surface area contributed by atoms with E-state index in [1.165, 1.54) is 37.2 Å².